The Morgan fingerprint density at radius 2 is 2.44 bits per heavy atom. The Labute approximate surface area is 54.4 Å². The minimum Gasteiger partial charge on any atom is -0.375 e. The van der Waals surface area contributed by atoms with Gasteiger partial charge in [-0.05, 0) is 18.7 Å². The minimum atomic E-state index is -0.694. The summed E-state index contributed by atoms with van der Waals surface area (Å²) in [5, 5.41) is 11.5. The summed E-state index contributed by atoms with van der Waals surface area (Å²) >= 11 is 0. The van der Waals surface area contributed by atoms with Gasteiger partial charge in [-0.25, -0.2) is 0 Å². The lowest BCUT2D eigenvalue weighted by atomic mass is 10.4. The number of aliphatic hydroxyl groups excluding tert-OH is 1. The first kappa shape index (κ1) is 8.33. The van der Waals surface area contributed by atoms with Crippen LogP contribution < -0.4 is 5.32 Å². The van der Waals surface area contributed by atoms with Crippen molar-refractivity contribution in [2.24, 2.45) is 0 Å². The first-order chi connectivity index (χ1) is 4.31. The number of likely N-dealkylation sites (N-methyl/N-ethyl adjacent to an activating group) is 1. The van der Waals surface area contributed by atoms with Crippen LogP contribution in [0, 0.1) is 0 Å². The third-order valence-corrected chi connectivity index (χ3v) is 0.785. The summed E-state index contributed by atoms with van der Waals surface area (Å²) in [6.07, 6.45) is 2.57. The summed E-state index contributed by atoms with van der Waals surface area (Å²) in [6.45, 7) is 2.56. The molecule has 3 nitrogen and oxygen atoms in total. The van der Waals surface area contributed by atoms with E-state index in [2.05, 4.69) is 5.32 Å². The summed E-state index contributed by atoms with van der Waals surface area (Å²) < 4.78 is 0. The third kappa shape index (κ3) is 5.20. The fraction of sp³-hybridized carbons (Fsp3) is 0.500. The molecule has 0 aromatic carbocycles. The topological polar surface area (TPSA) is 49.3 Å². The van der Waals surface area contributed by atoms with E-state index in [1.54, 1.807) is 0 Å². The van der Waals surface area contributed by atoms with Gasteiger partial charge in [0.15, 0.2) is 0 Å². The highest BCUT2D eigenvalue weighted by atomic mass is 16.3. The Morgan fingerprint density at radius 3 is 2.89 bits per heavy atom. The van der Waals surface area contributed by atoms with Crippen molar-refractivity contribution < 1.29 is 9.90 Å². The smallest absolute Gasteiger partial charge is 0.142 e. The molecule has 0 amide bonds. The largest absolute Gasteiger partial charge is 0.375 e. The Bertz CT molecular complexity index is 101. The van der Waals surface area contributed by atoms with Crippen LogP contribution in [0.4, 0.5) is 0 Å². The van der Waals surface area contributed by atoms with Crippen LogP contribution in [0.5, 0.6) is 0 Å². The number of aldehydes is 1. The number of carbonyl (C=O) groups excluding carboxylic acids is 1. The molecule has 3 heteroatoms. The van der Waals surface area contributed by atoms with E-state index in [1.807, 2.05) is 6.92 Å². The number of hydrogen-bond donors (Lipinski definition) is 2. The van der Waals surface area contributed by atoms with Crippen LogP contribution in [0.3, 0.4) is 0 Å². The first-order valence-electron chi connectivity index (χ1n) is 2.84. The van der Waals surface area contributed by atoms with Crippen molar-refractivity contribution >= 4 is 6.29 Å². The lowest BCUT2D eigenvalue weighted by Crippen LogP contribution is -2.25. The average molecular weight is 129 g/mol. The van der Waals surface area contributed by atoms with E-state index in [-0.39, 0.29) is 0 Å². The zero-order valence-electron chi connectivity index (χ0n) is 5.37. The fourth-order valence-corrected chi connectivity index (χ4v) is 0.428. The van der Waals surface area contributed by atoms with E-state index in [4.69, 9.17) is 5.11 Å². The van der Waals surface area contributed by atoms with E-state index in [0.29, 0.717) is 12.8 Å². The summed E-state index contributed by atoms with van der Waals surface area (Å²) in [5.74, 6) is 0. The van der Waals surface area contributed by atoms with Crippen molar-refractivity contribution in [2.75, 3.05) is 6.54 Å². The molecule has 0 spiro atoms. The quantitative estimate of drug-likeness (QED) is 0.310. The molecular formula is C6H11NO2. The van der Waals surface area contributed by atoms with Gasteiger partial charge in [0, 0.05) is 0 Å². The highest BCUT2D eigenvalue weighted by molar-refractivity contribution is 5.64. The molecule has 52 valence electrons. The van der Waals surface area contributed by atoms with Crippen LogP contribution in [-0.2, 0) is 4.79 Å². The molecule has 9 heavy (non-hydrogen) atoms. The number of allylic oxidation sites excluding steroid dienone is 1. The Hall–Kier alpha value is -0.670. The van der Waals surface area contributed by atoms with Crippen LogP contribution in [0.25, 0.3) is 0 Å². The van der Waals surface area contributed by atoms with Crippen molar-refractivity contribution in [3.05, 3.63) is 12.2 Å². The molecule has 0 aromatic heterocycles. The number of aliphatic hydroxyl groups is 1. The van der Waals surface area contributed by atoms with Crippen molar-refractivity contribution in [3.63, 3.8) is 0 Å². The van der Waals surface area contributed by atoms with Gasteiger partial charge < -0.3 is 5.11 Å². The van der Waals surface area contributed by atoms with Gasteiger partial charge in [0.1, 0.15) is 12.5 Å². The lowest BCUT2D eigenvalue weighted by molar-refractivity contribution is -0.104. The van der Waals surface area contributed by atoms with E-state index in [0.717, 1.165) is 0 Å². The number of carbonyl (C=O) groups is 1. The summed E-state index contributed by atoms with van der Waals surface area (Å²) in [6, 6.07) is 0. The van der Waals surface area contributed by atoms with Crippen LogP contribution in [-0.4, -0.2) is 24.2 Å². The predicted octanol–water partition coefficient (Wildman–Crippen LogP) is -0.331. The van der Waals surface area contributed by atoms with Crippen LogP contribution in [0.15, 0.2) is 12.2 Å². The van der Waals surface area contributed by atoms with Crippen molar-refractivity contribution in [3.8, 4) is 0 Å². The maximum Gasteiger partial charge on any atom is 0.142 e. The SMILES string of the molecule is CCNC(O)/C=C/C=O. The van der Waals surface area contributed by atoms with E-state index in [1.165, 1.54) is 12.2 Å². The molecule has 0 radical (unpaired) electrons. The van der Waals surface area contributed by atoms with E-state index in [9.17, 15) is 4.79 Å². The highest BCUT2D eigenvalue weighted by Gasteiger charge is 1.90. The second-order valence-corrected chi connectivity index (χ2v) is 1.52. The minimum absolute atomic E-state index is 0.626. The highest BCUT2D eigenvalue weighted by Crippen LogP contribution is 1.76. The van der Waals surface area contributed by atoms with Crippen molar-refractivity contribution in [2.45, 2.75) is 13.2 Å². The molecule has 0 rings (SSSR count). The molecule has 0 bridgehead atoms. The van der Waals surface area contributed by atoms with Crippen LogP contribution in [0.2, 0.25) is 0 Å². The number of rotatable bonds is 4. The first-order valence-corrected chi connectivity index (χ1v) is 2.84. The van der Waals surface area contributed by atoms with Gasteiger partial charge in [-0.2, -0.15) is 0 Å². The summed E-state index contributed by atoms with van der Waals surface area (Å²) in [7, 11) is 0. The molecule has 1 unspecified atom stereocenters. The van der Waals surface area contributed by atoms with Gasteiger partial charge in [-0.3, -0.25) is 10.1 Å². The zero-order chi connectivity index (χ0) is 7.11. The van der Waals surface area contributed by atoms with E-state index >= 15 is 0 Å². The zero-order valence-corrected chi connectivity index (χ0v) is 5.37. The standard InChI is InChI=1S/C6H11NO2/c1-2-7-6(9)4-3-5-8/h3-7,9H,2H2,1H3/b4-3+. The molecule has 0 aliphatic heterocycles. The average Bonchev–Trinajstić information content (AvgIpc) is 1.85. The molecular weight excluding hydrogens is 118 g/mol. The van der Waals surface area contributed by atoms with Crippen molar-refractivity contribution in [1.29, 1.82) is 0 Å². The van der Waals surface area contributed by atoms with E-state index < -0.39 is 6.23 Å². The normalized spacial score (nSPS) is 14.0. The second-order valence-electron chi connectivity index (χ2n) is 1.52. The molecule has 0 fully saturated rings. The molecule has 0 saturated heterocycles. The summed E-state index contributed by atoms with van der Waals surface area (Å²) in [5.41, 5.74) is 0. The molecule has 1 atom stereocenters. The van der Waals surface area contributed by atoms with Gasteiger partial charge in [0.2, 0.25) is 0 Å². The van der Waals surface area contributed by atoms with Gasteiger partial charge in [0.25, 0.3) is 0 Å². The van der Waals surface area contributed by atoms with Gasteiger partial charge >= 0.3 is 0 Å². The molecule has 0 saturated carbocycles. The number of hydrogen-bond acceptors (Lipinski definition) is 3. The molecule has 2 N–H and O–H groups in total. The molecule has 0 aromatic rings. The van der Waals surface area contributed by atoms with Gasteiger partial charge in [0.05, 0.1) is 0 Å². The maximum atomic E-state index is 9.69. The molecule has 0 heterocycles. The van der Waals surface area contributed by atoms with Crippen molar-refractivity contribution in [1.82, 2.24) is 5.32 Å². The predicted molar refractivity (Wildman–Crippen MR) is 34.9 cm³/mol. The Morgan fingerprint density at radius 1 is 1.78 bits per heavy atom. The Balaban J connectivity index is 3.35. The fourth-order valence-electron chi connectivity index (χ4n) is 0.428. The van der Waals surface area contributed by atoms with Gasteiger partial charge in [-0.1, -0.05) is 6.92 Å². The number of nitrogens with one attached hydrogen (secondary N) is 1. The third-order valence-electron chi connectivity index (χ3n) is 0.785. The van der Waals surface area contributed by atoms with Crippen LogP contribution in [0.1, 0.15) is 6.92 Å². The monoisotopic (exact) mass is 129 g/mol. The lowest BCUT2D eigenvalue weighted by Gasteiger charge is -2.02. The Kier molecular flexibility index (Phi) is 5.06. The van der Waals surface area contributed by atoms with Crippen LogP contribution >= 0.6 is 0 Å². The molecule has 0 aliphatic carbocycles. The summed E-state index contributed by atoms with van der Waals surface area (Å²) in [4.78, 5) is 9.69. The van der Waals surface area contributed by atoms with Gasteiger partial charge in [-0.15, -0.1) is 0 Å². The second kappa shape index (κ2) is 5.47. The molecule has 0 aliphatic rings. The maximum absolute atomic E-state index is 9.69.